The van der Waals surface area contributed by atoms with E-state index in [0.717, 1.165) is 5.56 Å². The summed E-state index contributed by atoms with van der Waals surface area (Å²) in [4.78, 5) is 22.4. The van der Waals surface area contributed by atoms with E-state index in [1.54, 1.807) is 18.2 Å². The Balaban J connectivity index is 1.94. The summed E-state index contributed by atoms with van der Waals surface area (Å²) in [5.74, 6) is -0.485. The van der Waals surface area contributed by atoms with Gasteiger partial charge in [-0.3, -0.25) is 4.79 Å². The standard InChI is InChI=1S/C25H28F6N2O4/c26-24(27,28)20-12-17(13-21(14-20)25(29,30)31)15-37-16-19(18-6-2-1-3-7-18)9-11-32-22(34)8-4-5-10-33-23(35)36/h1-3,6-7,12-14,19,33H,4-5,8-11,15-16H2,(H,32,34)(H,35,36). The molecule has 0 aliphatic rings. The number of unbranched alkanes of at least 4 members (excludes halogenated alkanes) is 1. The van der Waals surface area contributed by atoms with Crippen LogP contribution in [0.25, 0.3) is 0 Å². The Morgan fingerprint density at radius 1 is 0.865 bits per heavy atom. The monoisotopic (exact) mass is 534 g/mol. The van der Waals surface area contributed by atoms with Gasteiger partial charge in [-0.1, -0.05) is 30.3 Å². The summed E-state index contributed by atoms with van der Waals surface area (Å²) in [6.07, 6.45) is -9.37. The van der Waals surface area contributed by atoms with Crippen LogP contribution in [0, 0.1) is 0 Å². The molecule has 0 aliphatic carbocycles. The molecule has 6 nitrogen and oxygen atoms in total. The minimum atomic E-state index is -4.94. The lowest BCUT2D eigenvalue weighted by molar-refractivity contribution is -0.143. The summed E-state index contributed by atoms with van der Waals surface area (Å²) in [5.41, 5.74) is -2.21. The number of ether oxygens (including phenoxy) is 1. The average Bonchev–Trinajstić information content (AvgIpc) is 2.82. The number of carbonyl (C=O) groups excluding carboxylic acids is 1. The van der Waals surface area contributed by atoms with Crippen LogP contribution >= 0.6 is 0 Å². The molecule has 0 aliphatic heterocycles. The first-order chi connectivity index (χ1) is 17.4. The number of halogens is 6. The fourth-order valence-electron chi connectivity index (χ4n) is 3.57. The van der Waals surface area contributed by atoms with Crippen molar-refractivity contribution in [2.24, 2.45) is 0 Å². The van der Waals surface area contributed by atoms with Crippen molar-refractivity contribution >= 4 is 12.0 Å². The van der Waals surface area contributed by atoms with Gasteiger partial charge in [0.25, 0.3) is 0 Å². The van der Waals surface area contributed by atoms with Gasteiger partial charge in [-0.05, 0) is 48.6 Å². The van der Waals surface area contributed by atoms with E-state index in [1.807, 2.05) is 12.1 Å². The molecule has 3 N–H and O–H groups in total. The molecule has 2 amide bonds. The highest BCUT2D eigenvalue weighted by molar-refractivity contribution is 5.75. The number of nitrogens with one attached hydrogen (secondary N) is 2. The van der Waals surface area contributed by atoms with E-state index in [1.165, 1.54) is 0 Å². The molecule has 0 fully saturated rings. The van der Waals surface area contributed by atoms with Gasteiger partial charge in [-0.15, -0.1) is 0 Å². The molecule has 1 unspecified atom stereocenters. The molecule has 0 heterocycles. The van der Waals surface area contributed by atoms with E-state index in [9.17, 15) is 35.9 Å². The highest BCUT2D eigenvalue weighted by Crippen LogP contribution is 2.36. The number of alkyl halides is 6. The second-order valence-electron chi connectivity index (χ2n) is 8.36. The van der Waals surface area contributed by atoms with E-state index in [2.05, 4.69) is 10.6 Å². The minimum Gasteiger partial charge on any atom is -0.465 e. The molecule has 0 spiro atoms. The summed E-state index contributed by atoms with van der Waals surface area (Å²) in [7, 11) is 0. The predicted octanol–water partition coefficient (Wildman–Crippen LogP) is 5.97. The Kier molecular flexibility index (Phi) is 11.2. The van der Waals surface area contributed by atoms with Crippen molar-refractivity contribution in [3.05, 3.63) is 70.8 Å². The fraction of sp³-hybridized carbons (Fsp3) is 0.440. The van der Waals surface area contributed by atoms with Gasteiger partial charge in [0.2, 0.25) is 5.91 Å². The molecule has 0 saturated carbocycles. The first-order valence-corrected chi connectivity index (χ1v) is 11.5. The van der Waals surface area contributed by atoms with Gasteiger partial charge in [0.15, 0.2) is 0 Å². The van der Waals surface area contributed by atoms with E-state index >= 15 is 0 Å². The topological polar surface area (TPSA) is 87.7 Å². The second kappa shape index (κ2) is 13.9. The number of carbonyl (C=O) groups is 2. The Morgan fingerprint density at radius 3 is 2.05 bits per heavy atom. The van der Waals surface area contributed by atoms with Crippen LogP contribution in [0.5, 0.6) is 0 Å². The number of amides is 2. The maximum Gasteiger partial charge on any atom is 0.416 e. The fourth-order valence-corrected chi connectivity index (χ4v) is 3.57. The third-order valence-electron chi connectivity index (χ3n) is 5.43. The SMILES string of the molecule is O=C(O)NCCCCC(=O)NCCC(COCc1cc(C(F)(F)F)cc(C(F)(F)F)c1)c1ccccc1. The third-order valence-corrected chi connectivity index (χ3v) is 5.43. The summed E-state index contributed by atoms with van der Waals surface area (Å²) >= 11 is 0. The zero-order valence-electron chi connectivity index (χ0n) is 19.8. The van der Waals surface area contributed by atoms with Gasteiger partial charge in [0, 0.05) is 25.4 Å². The van der Waals surface area contributed by atoms with Crippen molar-refractivity contribution in [2.75, 3.05) is 19.7 Å². The molecule has 2 aromatic rings. The van der Waals surface area contributed by atoms with Crippen molar-refractivity contribution in [3.8, 4) is 0 Å². The van der Waals surface area contributed by atoms with Crippen LogP contribution in [-0.2, 0) is 28.5 Å². The van der Waals surface area contributed by atoms with Gasteiger partial charge >= 0.3 is 18.4 Å². The van der Waals surface area contributed by atoms with Gasteiger partial charge < -0.3 is 20.5 Å². The zero-order chi connectivity index (χ0) is 27.5. The highest BCUT2D eigenvalue weighted by atomic mass is 19.4. The molecule has 0 radical (unpaired) electrons. The number of rotatable bonds is 13. The Hall–Kier alpha value is -3.28. The van der Waals surface area contributed by atoms with Crippen molar-refractivity contribution in [1.29, 1.82) is 0 Å². The molecular formula is C25H28F6N2O4. The molecular weight excluding hydrogens is 506 g/mol. The van der Waals surface area contributed by atoms with Crippen molar-refractivity contribution in [2.45, 2.75) is 50.6 Å². The van der Waals surface area contributed by atoms with Gasteiger partial charge in [-0.2, -0.15) is 26.3 Å². The van der Waals surface area contributed by atoms with Crippen LogP contribution < -0.4 is 10.6 Å². The van der Waals surface area contributed by atoms with Crippen LogP contribution in [-0.4, -0.2) is 36.8 Å². The quantitative estimate of drug-likeness (QED) is 0.218. The first kappa shape index (κ1) is 29.9. The maximum absolute atomic E-state index is 13.1. The van der Waals surface area contributed by atoms with E-state index in [0.29, 0.717) is 31.4 Å². The van der Waals surface area contributed by atoms with Crippen LogP contribution in [0.3, 0.4) is 0 Å². The van der Waals surface area contributed by atoms with Crippen LogP contribution in [0.4, 0.5) is 31.1 Å². The van der Waals surface area contributed by atoms with Gasteiger partial charge in [-0.25, -0.2) is 4.79 Å². The van der Waals surface area contributed by atoms with Crippen LogP contribution in [0.15, 0.2) is 48.5 Å². The Morgan fingerprint density at radius 2 is 1.49 bits per heavy atom. The summed E-state index contributed by atoms with van der Waals surface area (Å²) in [6, 6.07) is 10.3. The van der Waals surface area contributed by atoms with Crippen LogP contribution in [0.1, 0.15) is 53.9 Å². The molecule has 37 heavy (non-hydrogen) atoms. The lowest BCUT2D eigenvalue weighted by Crippen LogP contribution is -2.27. The summed E-state index contributed by atoms with van der Waals surface area (Å²) in [6.45, 7) is 0.0781. The van der Waals surface area contributed by atoms with E-state index in [4.69, 9.17) is 9.84 Å². The molecule has 204 valence electrons. The number of benzene rings is 2. The van der Waals surface area contributed by atoms with Gasteiger partial charge in [0.1, 0.15) is 0 Å². The van der Waals surface area contributed by atoms with Crippen molar-refractivity contribution in [3.63, 3.8) is 0 Å². The zero-order valence-corrected chi connectivity index (χ0v) is 19.8. The minimum absolute atomic E-state index is 0.0122. The van der Waals surface area contributed by atoms with Crippen LogP contribution in [0.2, 0.25) is 0 Å². The summed E-state index contributed by atoms with van der Waals surface area (Å²) in [5, 5.41) is 13.5. The Labute approximate surface area is 210 Å². The number of hydrogen-bond donors (Lipinski definition) is 3. The third kappa shape index (κ3) is 11.1. The number of hydrogen-bond acceptors (Lipinski definition) is 3. The molecule has 1 atom stereocenters. The smallest absolute Gasteiger partial charge is 0.416 e. The largest absolute Gasteiger partial charge is 0.465 e. The lowest BCUT2D eigenvalue weighted by atomic mass is 9.96. The molecule has 0 bridgehead atoms. The number of carboxylic acid groups (broad SMARTS) is 1. The normalized spacial score (nSPS) is 12.7. The maximum atomic E-state index is 13.1. The van der Waals surface area contributed by atoms with E-state index in [-0.39, 0.29) is 49.6 Å². The highest BCUT2D eigenvalue weighted by Gasteiger charge is 2.36. The second-order valence-corrected chi connectivity index (χ2v) is 8.36. The molecule has 0 aromatic heterocycles. The molecule has 2 rings (SSSR count). The molecule has 2 aromatic carbocycles. The molecule has 0 saturated heterocycles. The lowest BCUT2D eigenvalue weighted by Gasteiger charge is -2.19. The van der Waals surface area contributed by atoms with E-state index < -0.39 is 36.2 Å². The first-order valence-electron chi connectivity index (χ1n) is 11.5. The average molecular weight is 534 g/mol. The summed E-state index contributed by atoms with van der Waals surface area (Å²) < 4.78 is 84.1. The molecule has 12 heteroatoms. The van der Waals surface area contributed by atoms with Crippen molar-refractivity contribution in [1.82, 2.24) is 10.6 Å². The Bertz CT molecular complexity index is 980. The predicted molar refractivity (Wildman–Crippen MR) is 123 cm³/mol. The van der Waals surface area contributed by atoms with Crippen molar-refractivity contribution < 1.29 is 45.8 Å². The van der Waals surface area contributed by atoms with Gasteiger partial charge in [0.05, 0.1) is 24.3 Å².